The summed E-state index contributed by atoms with van der Waals surface area (Å²) in [4.78, 5) is 53.1. The Balaban J connectivity index is 1.57. The van der Waals surface area contributed by atoms with E-state index in [1.165, 1.54) is 55.6 Å². The van der Waals surface area contributed by atoms with Gasteiger partial charge in [-0.25, -0.2) is 19.6 Å². The van der Waals surface area contributed by atoms with E-state index in [0.717, 1.165) is 6.04 Å². The zero-order chi connectivity index (χ0) is 40.0. The number of anilines is 5. The Bertz CT molecular complexity index is 1810. The fourth-order valence-electron chi connectivity index (χ4n) is 5.32. The molecule has 1 aromatic heterocycles. The molecule has 1 fully saturated rings. The maximum absolute atomic E-state index is 14.2. The van der Waals surface area contributed by atoms with Crippen LogP contribution < -0.4 is 29.5 Å². The number of carbonyl (C=O) groups is 2. The highest BCUT2D eigenvalue weighted by molar-refractivity contribution is 6.76. The number of carbonyl (C=O) groups excluding carboxylic acids is 2. The average molecular weight is 808 g/mol. The van der Waals surface area contributed by atoms with E-state index in [1.54, 1.807) is 17.0 Å². The standard InChI is InChI=1S/C35H48Cl2N8O8Si/c1-35(2,3)53-34(47)43-14-12-42(13-15-43)23-10-11-24(25(18-23)45(48)49)40-28-20-29(39-21-38-28)41(4)33(46)44(22-52-16-17-54(7,8)9)32-30(36)26(50-5)19-27(51-6)31(32)37/h10-11,18-21H,12-17,22H2,1-9H3,(H,38,39,40). The molecule has 294 valence electrons. The number of methoxy groups -OCH3 is 2. The van der Waals surface area contributed by atoms with Crippen molar-refractivity contribution in [2.24, 2.45) is 0 Å². The fourth-order valence-corrected chi connectivity index (χ4v) is 6.78. The number of urea groups is 1. The number of aromatic nitrogens is 2. The fraction of sp³-hybridized carbons (Fsp3) is 0.486. The Hall–Kier alpha value is -4.58. The number of rotatable bonds is 13. The summed E-state index contributed by atoms with van der Waals surface area (Å²) in [6.45, 7) is 14.0. The van der Waals surface area contributed by atoms with Crippen molar-refractivity contribution in [3.8, 4) is 11.5 Å². The monoisotopic (exact) mass is 806 g/mol. The predicted octanol–water partition coefficient (Wildman–Crippen LogP) is 7.88. The molecule has 0 aliphatic carbocycles. The minimum absolute atomic E-state index is 0.0737. The highest BCUT2D eigenvalue weighted by Gasteiger charge is 2.31. The molecule has 0 spiro atoms. The SMILES string of the molecule is COc1cc(OC)c(Cl)c(N(COCC[Si](C)(C)C)C(=O)N(C)c2cc(Nc3ccc(N4CCN(C(=O)OC(C)(C)C)CC4)cc3[N+](=O)[O-])ncn2)c1Cl. The van der Waals surface area contributed by atoms with Crippen molar-refractivity contribution in [2.45, 2.75) is 52.1 Å². The number of hydrogen-bond acceptors (Lipinski definition) is 12. The van der Waals surface area contributed by atoms with Gasteiger partial charge >= 0.3 is 12.1 Å². The molecule has 3 amide bonds. The van der Waals surface area contributed by atoms with Gasteiger partial charge in [0.2, 0.25) is 0 Å². The lowest BCUT2D eigenvalue weighted by Gasteiger charge is -2.36. The molecule has 4 rings (SSSR count). The first kappa shape index (κ1) is 42.2. The summed E-state index contributed by atoms with van der Waals surface area (Å²) in [6.07, 6.45) is 0.839. The van der Waals surface area contributed by atoms with Crippen LogP contribution in [0.2, 0.25) is 35.7 Å². The van der Waals surface area contributed by atoms with E-state index in [4.69, 9.17) is 42.1 Å². The Morgan fingerprint density at radius 2 is 1.63 bits per heavy atom. The third kappa shape index (κ3) is 10.8. The summed E-state index contributed by atoms with van der Waals surface area (Å²) >= 11 is 13.5. The summed E-state index contributed by atoms with van der Waals surface area (Å²) in [6, 6.07) is 8.06. The Morgan fingerprint density at radius 1 is 1.00 bits per heavy atom. The van der Waals surface area contributed by atoms with Gasteiger partial charge in [0.15, 0.2) is 0 Å². The molecule has 2 aromatic carbocycles. The first-order valence-electron chi connectivity index (χ1n) is 17.2. The maximum Gasteiger partial charge on any atom is 0.410 e. The highest BCUT2D eigenvalue weighted by atomic mass is 35.5. The largest absolute Gasteiger partial charge is 0.495 e. The number of hydrogen-bond donors (Lipinski definition) is 1. The van der Waals surface area contributed by atoms with Crippen LogP contribution in [0, 0.1) is 10.1 Å². The van der Waals surface area contributed by atoms with E-state index < -0.39 is 30.7 Å². The smallest absolute Gasteiger partial charge is 0.410 e. The summed E-state index contributed by atoms with van der Waals surface area (Å²) in [5.74, 6) is 0.826. The molecule has 16 nitrogen and oxygen atoms in total. The van der Waals surface area contributed by atoms with Crippen LogP contribution in [0.1, 0.15) is 20.8 Å². The quantitative estimate of drug-likeness (QED) is 0.0585. The lowest BCUT2D eigenvalue weighted by atomic mass is 10.2. The van der Waals surface area contributed by atoms with Crippen molar-refractivity contribution in [3.05, 3.63) is 56.8 Å². The Kier molecular flexibility index (Phi) is 13.8. The molecule has 1 aliphatic rings. The molecule has 0 atom stereocenters. The van der Waals surface area contributed by atoms with Crippen LogP contribution in [0.5, 0.6) is 11.5 Å². The van der Waals surface area contributed by atoms with E-state index in [0.29, 0.717) is 38.5 Å². The van der Waals surface area contributed by atoms with Crippen molar-refractivity contribution in [3.63, 3.8) is 0 Å². The van der Waals surface area contributed by atoms with Crippen LogP contribution >= 0.6 is 23.2 Å². The molecule has 1 aliphatic heterocycles. The van der Waals surface area contributed by atoms with Gasteiger partial charge in [-0.15, -0.1) is 0 Å². The van der Waals surface area contributed by atoms with Crippen LogP contribution in [-0.2, 0) is 9.47 Å². The van der Waals surface area contributed by atoms with Gasteiger partial charge in [0.1, 0.15) is 57.5 Å². The molecule has 0 radical (unpaired) electrons. The number of amides is 3. The van der Waals surface area contributed by atoms with Gasteiger partial charge in [-0.2, -0.15) is 0 Å². The van der Waals surface area contributed by atoms with Crippen molar-refractivity contribution >= 4 is 77.8 Å². The molecule has 0 saturated carbocycles. The summed E-state index contributed by atoms with van der Waals surface area (Å²) < 4.78 is 22.4. The predicted molar refractivity (Wildman–Crippen MR) is 213 cm³/mol. The molecule has 1 saturated heterocycles. The van der Waals surface area contributed by atoms with E-state index >= 15 is 0 Å². The van der Waals surface area contributed by atoms with Crippen LogP contribution in [-0.4, -0.2) is 106 Å². The van der Waals surface area contributed by atoms with E-state index in [2.05, 4.69) is 34.9 Å². The molecule has 3 aromatic rings. The van der Waals surface area contributed by atoms with Crippen LogP contribution in [0.3, 0.4) is 0 Å². The van der Waals surface area contributed by atoms with E-state index in [1.807, 2.05) is 25.7 Å². The third-order valence-corrected chi connectivity index (χ3v) is 10.7. The molecular formula is C35H48Cl2N8O8Si. The Labute approximate surface area is 326 Å². The second-order valence-electron chi connectivity index (χ2n) is 14.7. The maximum atomic E-state index is 14.2. The van der Waals surface area contributed by atoms with Gasteiger partial charge in [0.25, 0.3) is 5.69 Å². The van der Waals surface area contributed by atoms with Gasteiger partial charge < -0.3 is 34.1 Å². The second-order valence-corrected chi connectivity index (χ2v) is 21.1. The summed E-state index contributed by atoms with van der Waals surface area (Å²) in [5.41, 5.74) is 0.124. The lowest BCUT2D eigenvalue weighted by molar-refractivity contribution is -0.383. The molecule has 54 heavy (non-hydrogen) atoms. The number of nitrogens with one attached hydrogen (secondary N) is 1. The molecular weight excluding hydrogens is 759 g/mol. The number of piperazine rings is 1. The number of halogens is 2. The van der Waals surface area contributed by atoms with Crippen LogP contribution in [0.15, 0.2) is 36.7 Å². The van der Waals surface area contributed by atoms with Crippen molar-refractivity contribution < 1.29 is 33.5 Å². The van der Waals surface area contributed by atoms with Crippen molar-refractivity contribution in [1.29, 1.82) is 0 Å². The van der Waals surface area contributed by atoms with Gasteiger partial charge in [-0.05, 0) is 38.9 Å². The molecule has 0 unspecified atom stereocenters. The van der Waals surface area contributed by atoms with Gasteiger partial charge in [-0.3, -0.25) is 19.9 Å². The van der Waals surface area contributed by atoms with Crippen LogP contribution in [0.25, 0.3) is 0 Å². The first-order chi connectivity index (χ1) is 25.3. The van der Waals surface area contributed by atoms with E-state index in [-0.39, 0.29) is 57.0 Å². The zero-order valence-corrected chi connectivity index (χ0v) is 34.6. The second kappa shape index (κ2) is 17.7. The molecule has 0 bridgehead atoms. The normalized spacial score (nSPS) is 13.3. The highest BCUT2D eigenvalue weighted by Crippen LogP contribution is 2.46. The minimum atomic E-state index is -1.45. The lowest BCUT2D eigenvalue weighted by Crippen LogP contribution is -2.50. The number of nitrogens with zero attached hydrogens (tertiary/aromatic N) is 7. The molecule has 2 heterocycles. The summed E-state index contributed by atoms with van der Waals surface area (Å²) in [7, 11) is 2.92. The topological polar surface area (TPSA) is 165 Å². The first-order valence-corrected chi connectivity index (χ1v) is 21.6. The number of ether oxygens (including phenoxy) is 4. The van der Waals surface area contributed by atoms with Gasteiger partial charge in [-0.1, -0.05) is 42.8 Å². The molecule has 19 heteroatoms. The zero-order valence-electron chi connectivity index (χ0n) is 32.1. The van der Waals surface area contributed by atoms with Gasteiger partial charge in [0, 0.05) is 71.8 Å². The molecule has 1 N–H and O–H groups in total. The Morgan fingerprint density at radius 3 is 2.19 bits per heavy atom. The van der Waals surface area contributed by atoms with Gasteiger partial charge in [0.05, 0.1) is 24.8 Å². The number of nitro benzene ring substituents is 1. The number of benzene rings is 2. The van der Waals surface area contributed by atoms with Crippen molar-refractivity contribution in [2.75, 3.05) is 80.8 Å². The summed E-state index contributed by atoms with van der Waals surface area (Å²) in [5, 5.41) is 15.4. The number of nitro groups is 1. The van der Waals surface area contributed by atoms with Crippen LogP contribution in [0.4, 0.5) is 44.0 Å². The third-order valence-electron chi connectivity index (χ3n) is 8.29. The minimum Gasteiger partial charge on any atom is -0.495 e. The average Bonchev–Trinajstić information content (AvgIpc) is 3.11. The van der Waals surface area contributed by atoms with Crippen molar-refractivity contribution in [1.82, 2.24) is 14.9 Å². The van der Waals surface area contributed by atoms with E-state index in [9.17, 15) is 19.7 Å².